The van der Waals surface area contributed by atoms with Crippen molar-refractivity contribution < 1.29 is 26.7 Å². The minimum absolute atomic E-state index is 0.0172. The third kappa shape index (κ3) is 3.62. The van der Waals surface area contributed by atoms with Gasteiger partial charge in [0.1, 0.15) is 11.9 Å². The van der Waals surface area contributed by atoms with Gasteiger partial charge in [-0.3, -0.25) is 4.74 Å². The third-order valence-corrected chi connectivity index (χ3v) is 5.03. The molecule has 5 nitrogen and oxygen atoms in total. The number of hydrogen-bond acceptors (Lipinski definition) is 4. The van der Waals surface area contributed by atoms with Crippen LogP contribution in [0.3, 0.4) is 0 Å². The molecule has 2 aromatic carbocycles. The average Bonchev–Trinajstić information content (AvgIpc) is 2.58. The average molecular weight is 381 g/mol. The molecular weight excluding hydrogens is 364 g/mol. The molecule has 8 heteroatoms. The Bertz CT molecular complexity index is 931. The van der Waals surface area contributed by atoms with Gasteiger partial charge in [0.05, 0.1) is 0 Å². The van der Waals surface area contributed by atoms with E-state index in [4.69, 9.17) is 9.88 Å². The zero-order valence-corrected chi connectivity index (χ0v) is 14.5. The van der Waals surface area contributed by atoms with Gasteiger partial charge in [-0.1, -0.05) is 36.4 Å². The van der Waals surface area contributed by atoms with Crippen molar-refractivity contribution in [2.45, 2.75) is 24.6 Å². The molecule has 0 radical (unpaired) electrons. The van der Waals surface area contributed by atoms with Crippen molar-refractivity contribution in [3.8, 4) is 16.9 Å². The quantitative estimate of drug-likeness (QED) is 0.770. The largest absolute Gasteiger partial charge is 0.485 e. The zero-order chi connectivity index (χ0) is 18.9. The van der Waals surface area contributed by atoms with Crippen LogP contribution in [0.1, 0.15) is 29.1 Å². The van der Waals surface area contributed by atoms with Gasteiger partial charge in [-0.25, -0.2) is 13.6 Å². The molecule has 2 aromatic rings. The first-order valence-corrected chi connectivity index (χ1v) is 9.38. The zero-order valence-electron chi connectivity index (χ0n) is 13.6. The lowest BCUT2D eigenvalue weighted by Crippen LogP contribution is -2.26. The Balaban J connectivity index is 2.13. The summed E-state index contributed by atoms with van der Waals surface area (Å²) in [4.78, 5) is 0. The molecule has 26 heavy (non-hydrogen) atoms. The topological polar surface area (TPSA) is 78.6 Å². The van der Waals surface area contributed by atoms with Crippen LogP contribution in [-0.4, -0.2) is 15.0 Å². The number of nitrogens with two attached hydrogens (primary N) is 1. The fraction of sp³-hybridized carbons (Fsp3) is 0.222. The van der Waals surface area contributed by atoms with Crippen LogP contribution in [0.4, 0.5) is 8.78 Å². The van der Waals surface area contributed by atoms with E-state index in [1.807, 2.05) is 24.3 Å². The Morgan fingerprint density at radius 1 is 1.23 bits per heavy atom. The lowest BCUT2D eigenvalue weighted by atomic mass is 9.90. The number of fused-ring (bicyclic) bond motifs is 3. The lowest BCUT2D eigenvalue weighted by molar-refractivity contribution is -0.142. The maximum atomic E-state index is 12.7. The molecule has 2 unspecified atom stereocenters. The van der Waals surface area contributed by atoms with Gasteiger partial charge in [0.15, 0.2) is 0 Å². The van der Waals surface area contributed by atoms with Crippen molar-refractivity contribution >= 4 is 10.0 Å². The van der Waals surface area contributed by atoms with Crippen LogP contribution >= 0.6 is 0 Å². The number of halogens is 2. The molecule has 0 saturated heterocycles. The number of alkyl halides is 2. The fourth-order valence-corrected chi connectivity index (χ4v) is 3.78. The first-order chi connectivity index (χ1) is 12.3. The number of sulfonamides is 1. The minimum Gasteiger partial charge on any atom is -0.485 e. The number of rotatable bonds is 6. The van der Waals surface area contributed by atoms with Crippen LogP contribution < -0.4 is 9.88 Å². The number of ether oxygens (including phenoxy) is 2. The van der Waals surface area contributed by atoms with E-state index in [9.17, 15) is 17.2 Å². The SMILES string of the molecule is C=CCC1Oc2ccccc2-c2ccc(C(OC(F)F)S(N)(=O)=O)cc21. The van der Waals surface area contributed by atoms with E-state index in [0.717, 1.165) is 11.1 Å². The fourth-order valence-electron chi connectivity index (χ4n) is 3.01. The van der Waals surface area contributed by atoms with E-state index in [2.05, 4.69) is 11.3 Å². The van der Waals surface area contributed by atoms with E-state index < -0.39 is 28.2 Å². The molecule has 0 amide bonds. The van der Waals surface area contributed by atoms with Gasteiger partial charge in [-0.2, -0.15) is 8.78 Å². The first-order valence-electron chi connectivity index (χ1n) is 7.77. The van der Waals surface area contributed by atoms with Crippen LogP contribution in [0.25, 0.3) is 11.1 Å². The van der Waals surface area contributed by atoms with Crippen molar-refractivity contribution in [1.29, 1.82) is 0 Å². The molecule has 1 heterocycles. The molecule has 3 rings (SSSR count). The van der Waals surface area contributed by atoms with Crippen molar-refractivity contribution in [2.24, 2.45) is 5.14 Å². The highest BCUT2D eigenvalue weighted by atomic mass is 32.2. The van der Waals surface area contributed by atoms with Crippen LogP contribution in [0, 0.1) is 0 Å². The normalized spacial score (nSPS) is 17.2. The Morgan fingerprint density at radius 2 is 1.96 bits per heavy atom. The van der Waals surface area contributed by atoms with Crippen molar-refractivity contribution in [3.05, 3.63) is 66.2 Å². The van der Waals surface area contributed by atoms with Gasteiger partial charge in [0.25, 0.3) is 0 Å². The van der Waals surface area contributed by atoms with Gasteiger partial charge >= 0.3 is 6.61 Å². The van der Waals surface area contributed by atoms with Gasteiger partial charge in [-0.05, 0) is 23.3 Å². The molecule has 0 aromatic heterocycles. The smallest absolute Gasteiger partial charge is 0.346 e. The maximum Gasteiger partial charge on any atom is 0.346 e. The number of benzene rings is 2. The summed E-state index contributed by atoms with van der Waals surface area (Å²) in [6.07, 6.45) is 1.70. The maximum absolute atomic E-state index is 12.7. The molecular formula is C18H17F2NO4S. The molecule has 2 N–H and O–H groups in total. The third-order valence-electron chi connectivity index (χ3n) is 4.05. The van der Waals surface area contributed by atoms with E-state index in [0.29, 0.717) is 17.7 Å². The van der Waals surface area contributed by atoms with Crippen molar-refractivity contribution in [1.82, 2.24) is 0 Å². The van der Waals surface area contributed by atoms with Gasteiger partial charge in [-0.15, -0.1) is 6.58 Å². The summed E-state index contributed by atoms with van der Waals surface area (Å²) in [5.74, 6) is 0.687. The molecule has 138 valence electrons. The lowest BCUT2D eigenvalue weighted by Gasteiger charge is -2.29. The van der Waals surface area contributed by atoms with Gasteiger partial charge < -0.3 is 4.74 Å². The molecule has 1 aliphatic heterocycles. The number of primary sulfonamides is 1. The second kappa shape index (κ2) is 7.14. The monoisotopic (exact) mass is 381 g/mol. The molecule has 0 spiro atoms. The molecule has 0 fully saturated rings. The highest BCUT2D eigenvalue weighted by Crippen LogP contribution is 2.44. The molecule has 0 saturated carbocycles. The predicted molar refractivity (Wildman–Crippen MR) is 93.0 cm³/mol. The Morgan fingerprint density at radius 3 is 2.62 bits per heavy atom. The van der Waals surface area contributed by atoms with Gasteiger partial charge in [0, 0.05) is 17.5 Å². The van der Waals surface area contributed by atoms with Crippen molar-refractivity contribution in [3.63, 3.8) is 0 Å². The van der Waals surface area contributed by atoms with E-state index in [1.54, 1.807) is 12.1 Å². The van der Waals surface area contributed by atoms with Crippen LogP contribution in [0.2, 0.25) is 0 Å². The first kappa shape index (κ1) is 18.5. The highest BCUT2D eigenvalue weighted by Gasteiger charge is 2.31. The molecule has 0 bridgehead atoms. The van der Waals surface area contributed by atoms with E-state index in [1.165, 1.54) is 12.1 Å². The predicted octanol–water partition coefficient (Wildman–Crippen LogP) is 3.89. The summed E-state index contributed by atoms with van der Waals surface area (Å²) in [6.45, 7) is 0.418. The number of hydrogen-bond donors (Lipinski definition) is 1. The second-order valence-electron chi connectivity index (χ2n) is 5.79. The van der Waals surface area contributed by atoms with Crippen molar-refractivity contribution in [2.75, 3.05) is 0 Å². The van der Waals surface area contributed by atoms with Crippen LogP contribution in [0.5, 0.6) is 5.75 Å². The van der Waals surface area contributed by atoms with E-state index in [-0.39, 0.29) is 5.56 Å². The Labute approximate surface area is 150 Å². The summed E-state index contributed by atoms with van der Waals surface area (Å²) in [5, 5.41) is 5.07. The summed E-state index contributed by atoms with van der Waals surface area (Å²) in [7, 11) is -4.39. The molecule has 1 aliphatic rings. The summed E-state index contributed by atoms with van der Waals surface area (Å²) in [5.41, 5.74) is 0.370. The summed E-state index contributed by atoms with van der Waals surface area (Å²) in [6, 6.07) is 12.0. The molecule has 2 atom stereocenters. The standard InChI is InChI=1S/C18H17F2NO4S/c1-2-5-15-14-10-11(17(25-18(19)20)26(21,22)23)8-9-12(14)13-6-3-4-7-16(13)24-15/h2-4,6-10,15,17-18H,1,5H2,(H2,21,22,23). The highest BCUT2D eigenvalue weighted by molar-refractivity contribution is 7.89. The van der Waals surface area contributed by atoms with Crippen LogP contribution in [0.15, 0.2) is 55.1 Å². The minimum atomic E-state index is -4.39. The Kier molecular flexibility index (Phi) is 5.08. The second-order valence-corrected chi connectivity index (χ2v) is 7.40. The molecule has 0 aliphatic carbocycles. The summed E-state index contributed by atoms with van der Waals surface area (Å²) < 4.78 is 58.9. The van der Waals surface area contributed by atoms with Crippen LogP contribution in [-0.2, 0) is 14.8 Å². The number of para-hydroxylation sites is 1. The summed E-state index contributed by atoms with van der Waals surface area (Å²) >= 11 is 0. The van der Waals surface area contributed by atoms with E-state index >= 15 is 0 Å². The van der Waals surface area contributed by atoms with Gasteiger partial charge in [0.2, 0.25) is 15.5 Å². The Hall–Kier alpha value is -2.29.